The quantitative estimate of drug-likeness (QED) is 0.658. The van der Waals surface area contributed by atoms with Gasteiger partial charge in [-0.15, -0.1) is 10.2 Å². The van der Waals surface area contributed by atoms with Crippen LogP contribution < -0.4 is 9.47 Å². The SMILES string of the molecule is CCSC(C)c1c(C)cc(C)c(C)c1Oc1cc(OC)c(Cl)nn1. The molecule has 0 aliphatic carbocycles. The van der Waals surface area contributed by atoms with Gasteiger partial charge in [0.15, 0.2) is 10.9 Å². The molecule has 1 unspecified atom stereocenters. The van der Waals surface area contributed by atoms with Crippen LogP contribution in [0.5, 0.6) is 17.4 Å². The van der Waals surface area contributed by atoms with Gasteiger partial charge >= 0.3 is 0 Å². The van der Waals surface area contributed by atoms with E-state index in [-0.39, 0.29) is 5.15 Å². The molecular weight excluding hydrogens is 344 g/mol. The molecule has 0 bridgehead atoms. The zero-order chi connectivity index (χ0) is 17.9. The van der Waals surface area contributed by atoms with E-state index in [4.69, 9.17) is 21.1 Å². The molecule has 0 radical (unpaired) electrons. The summed E-state index contributed by atoms with van der Waals surface area (Å²) in [6.45, 7) is 10.6. The van der Waals surface area contributed by atoms with Crippen LogP contribution >= 0.6 is 23.4 Å². The van der Waals surface area contributed by atoms with Gasteiger partial charge in [-0.1, -0.05) is 24.6 Å². The number of hydrogen-bond acceptors (Lipinski definition) is 5. The first-order chi connectivity index (χ1) is 11.4. The predicted octanol–water partition coefficient (Wildman–Crippen LogP) is 5.67. The van der Waals surface area contributed by atoms with Gasteiger partial charge in [0.1, 0.15) is 5.75 Å². The highest BCUT2D eigenvalue weighted by Gasteiger charge is 2.20. The first-order valence-corrected chi connectivity index (χ1v) is 9.29. The van der Waals surface area contributed by atoms with E-state index in [0.29, 0.717) is 16.9 Å². The lowest BCUT2D eigenvalue weighted by Crippen LogP contribution is -2.03. The lowest BCUT2D eigenvalue weighted by Gasteiger charge is -2.21. The Morgan fingerprint density at radius 1 is 1.17 bits per heavy atom. The second-order valence-electron chi connectivity index (χ2n) is 5.62. The highest BCUT2D eigenvalue weighted by Crippen LogP contribution is 2.42. The third-order valence-corrected chi connectivity index (χ3v) is 5.31. The Balaban J connectivity index is 2.52. The number of aryl methyl sites for hydroxylation is 2. The van der Waals surface area contributed by atoms with Crippen LogP contribution in [0.1, 0.15) is 41.4 Å². The van der Waals surface area contributed by atoms with Crippen molar-refractivity contribution < 1.29 is 9.47 Å². The summed E-state index contributed by atoms with van der Waals surface area (Å²) in [5.74, 6) is 2.71. The van der Waals surface area contributed by atoms with E-state index in [9.17, 15) is 0 Å². The van der Waals surface area contributed by atoms with Gasteiger partial charge in [0.25, 0.3) is 0 Å². The molecule has 4 nitrogen and oxygen atoms in total. The second-order valence-corrected chi connectivity index (χ2v) is 7.60. The van der Waals surface area contributed by atoms with E-state index in [1.807, 2.05) is 11.8 Å². The first-order valence-electron chi connectivity index (χ1n) is 7.86. The number of methoxy groups -OCH3 is 1. The third-order valence-electron chi connectivity index (χ3n) is 3.98. The van der Waals surface area contributed by atoms with Gasteiger partial charge in [0.2, 0.25) is 5.88 Å². The molecule has 1 aromatic heterocycles. The van der Waals surface area contributed by atoms with Crippen molar-refractivity contribution in [2.45, 2.75) is 39.9 Å². The van der Waals surface area contributed by atoms with Crippen molar-refractivity contribution in [1.29, 1.82) is 0 Å². The molecule has 0 N–H and O–H groups in total. The van der Waals surface area contributed by atoms with E-state index in [1.54, 1.807) is 13.2 Å². The summed E-state index contributed by atoms with van der Waals surface area (Å²) in [6.07, 6.45) is 0. The number of aromatic nitrogens is 2. The molecule has 2 rings (SSSR count). The Morgan fingerprint density at radius 2 is 1.88 bits per heavy atom. The van der Waals surface area contributed by atoms with Gasteiger partial charge in [-0.2, -0.15) is 11.8 Å². The minimum absolute atomic E-state index is 0.220. The number of ether oxygens (including phenoxy) is 2. The number of nitrogens with zero attached hydrogens (tertiary/aromatic N) is 2. The van der Waals surface area contributed by atoms with E-state index in [2.05, 4.69) is 50.9 Å². The molecule has 1 atom stereocenters. The van der Waals surface area contributed by atoms with Crippen LogP contribution in [0.25, 0.3) is 0 Å². The summed E-state index contributed by atoms with van der Waals surface area (Å²) in [5.41, 5.74) is 4.71. The number of hydrogen-bond donors (Lipinski definition) is 0. The second kappa shape index (κ2) is 8.08. The molecule has 0 spiro atoms. The molecule has 6 heteroatoms. The molecule has 130 valence electrons. The van der Waals surface area contributed by atoms with Gasteiger partial charge in [0.05, 0.1) is 7.11 Å². The fraction of sp³-hybridized carbons (Fsp3) is 0.444. The monoisotopic (exact) mass is 366 g/mol. The van der Waals surface area contributed by atoms with E-state index in [1.165, 1.54) is 16.7 Å². The molecule has 0 fully saturated rings. The molecule has 0 aliphatic rings. The van der Waals surface area contributed by atoms with Crippen LogP contribution in [-0.4, -0.2) is 23.1 Å². The summed E-state index contributed by atoms with van der Waals surface area (Å²) in [5, 5.41) is 8.47. The van der Waals surface area contributed by atoms with E-state index >= 15 is 0 Å². The summed E-state index contributed by atoms with van der Waals surface area (Å²) in [6, 6.07) is 3.87. The van der Waals surface area contributed by atoms with Crippen molar-refractivity contribution in [3.05, 3.63) is 39.5 Å². The average molecular weight is 367 g/mol. The van der Waals surface area contributed by atoms with Gasteiger partial charge in [0, 0.05) is 16.9 Å². The minimum atomic E-state index is 0.220. The maximum Gasteiger partial charge on any atom is 0.242 e. The van der Waals surface area contributed by atoms with Crippen LogP contribution in [0.2, 0.25) is 5.15 Å². The van der Waals surface area contributed by atoms with E-state index < -0.39 is 0 Å². The first kappa shape index (κ1) is 18.9. The summed E-state index contributed by atoms with van der Waals surface area (Å²) in [4.78, 5) is 0. The zero-order valence-electron chi connectivity index (χ0n) is 14.9. The number of halogens is 1. The molecule has 0 saturated carbocycles. The van der Waals surface area contributed by atoms with Crippen LogP contribution in [0.15, 0.2) is 12.1 Å². The van der Waals surface area contributed by atoms with Crippen LogP contribution in [0.3, 0.4) is 0 Å². The van der Waals surface area contributed by atoms with Crippen LogP contribution in [0, 0.1) is 20.8 Å². The molecule has 24 heavy (non-hydrogen) atoms. The van der Waals surface area contributed by atoms with Crippen molar-refractivity contribution >= 4 is 23.4 Å². The third kappa shape index (κ3) is 3.95. The number of thioether (sulfide) groups is 1. The van der Waals surface area contributed by atoms with Gasteiger partial charge < -0.3 is 9.47 Å². The highest BCUT2D eigenvalue weighted by molar-refractivity contribution is 7.99. The maximum atomic E-state index is 6.14. The van der Waals surface area contributed by atoms with E-state index in [0.717, 1.165) is 17.1 Å². The molecule has 0 amide bonds. The largest absolute Gasteiger partial charge is 0.493 e. The molecule has 2 aromatic rings. The molecule has 1 heterocycles. The summed E-state index contributed by atoms with van der Waals surface area (Å²) >= 11 is 7.83. The Hall–Kier alpha value is -1.46. The lowest BCUT2D eigenvalue weighted by molar-refractivity contribution is 0.398. The number of benzene rings is 1. The minimum Gasteiger partial charge on any atom is -0.493 e. The van der Waals surface area contributed by atoms with Gasteiger partial charge in [-0.25, -0.2) is 0 Å². The van der Waals surface area contributed by atoms with Crippen molar-refractivity contribution in [3.8, 4) is 17.4 Å². The fourth-order valence-corrected chi connectivity index (χ4v) is 3.81. The average Bonchev–Trinajstić information content (AvgIpc) is 2.54. The molecular formula is C18H23ClN2O2S. The van der Waals surface area contributed by atoms with Crippen LogP contribution in [0.4, 0.5) is 0 Å². The Kier molecular flexibility index (Phi) is 6.35. The normalized spacial score (nSPS) is 12.1. The highest BCUT2D eigenvalue weighted by atomic mass is 35.5. The Labute approximate surface area is 152 Å². The van der Waals surface area contributed by atoms with Crippen molar-refractivity contribution in [2.75, 3.05) is 12.9 Å². The molecule has 0 saturated heterocycles. The molecule has 1 aromatic carbocycles. The predicted molar refractivity (Wildman–Crippen MR) is 101 cm³/mol. The Morgan fingerprint density at radius 3 is 2.50 bits per heavy atom. The van der Waals surface area contributed by atoms with Crippen molar-refractivity contribution in [2.24, 2.45) is 0 Å². The maximum absolute atomic E-state index is 6.14. The number of rotatable bonds is 6. The summed E-state index contributed by atoms with van der Waals surface area (Å²) < 4.78 is 11.3. The lowest BCUT2D eigenvalue weighted by atomic mass is 9.97. The fourth-order valence-electron chi connectivity index (χ4n) is 2.68. The van der Waals surface area contributed by atoms with Crippen molar-refractivity contribution in [3.63, 3.8) is 0 Å². The standard InChI is InChI=1S/C18H23ClN2O2S/c1-7-24-13(5)16-11(3)8-10(2)12(4)17(16)23-15-9-14(22-6)18(19)21-20-15/h8-9,13H,7H2,1-6H3. The Bertz CT molecular complexity index is 737. The van der Waals surface area contributed by atoms with Gasteiger partial charge in [-0.05, 0) is 50.1 Å². The van der Waals surface area contributed by atoms with Crippen LogP contribution in [-0.2, 0) is 0 Å². The van der Waals surface area contributed by atoms with Gasteiger partial charge in [-0.3, -0.25) is 0 Å². The molecule has 0 aliphatic heterocycles. The van der Waals surface area contributed by atoms with Crippen molar-refractivity contribution in [1.82, 2.24) is 10.2 Å². The topological polar surface area (TPSA) is 44.2 Å². The zero-order valence-corrected chi connectivity index (χ0v) is 16.5. The smallest absolute Gasteiger partial charge is 0.242 e. The summed E-state index contributed by atoms with van der Waals surface area (Å²) in [7, 11) is 1.54.